The van der Waals surface area contributed by atoms with Gasteiger partial charge in [0.15, 0.2) is 0 Å². The number of para-hydroxylation sites is 1. The van der Waals surface area contributed by atoms with Crippen molar-refractivity contribution in [2.75, 3.05) is 13.7 Å². The molecule has 0 saturated heterocycles. The van der Waals surface area contributed by atoms with Gasteiger partial charge in [0.05, 0.1) is 12.8 Å². The highest BCUT2D eigenvalue weighted by Gasteiger charge is 2.26. The van der Waals surface area contributed by atoms with Crippen LogP contribution in [0.15, 0.2) is 35.1 Å². The van der Waals surface area contributed by atoms with Crippen molar-refractivity contribution < 1.29 is 9.53 Å². The SMILES string of the molecule is COc1ccccc1CCNC(=O)C1CCc2nn(C)c(=O)cc2C1. The van der Waals surface area contributed by atoms with E-state index in [0.717, 1.165) is 41.8 Å². The van der Waals surface area contributed by atoms with E-state index in [4.69, 9.17) is 4.74 Å². The number of methoxy groups -OCH3 is 1. The number of nitrogens with one attached hydrogen (secondary N) is 1. The summed E-state index contributed by atoms with van der Waals surface area (Å²) in [4.78, 5) is 24.2. The summed E-state index contributed by atoms with van der Waals surface area (Å²) in [5.41, 5.74) is 2.78. The molecular weight excluding hydrogens is 318 g/mol. The Bertz CT molecular complexity index is 829. The molecule has 1 N–H and O–H groups in total. The van der Waals surface area contributed by atoms with Gasteiger partial charge in [-0.15, -0.1) is 0 Å². The Kier molecular flexibility index (Phi) is 5.16. The summed E-state index contributed by atoms with van der Waals surface area (Å²) in [5, 5.41) is 7.30. The number of hydrogen-bond acceptors (Lipinski definition) is 4. The number of nitrogens with zero attached hydrogens (tertiary/aromatic N) is 2. The highest BCUT2D eigenvalue weighted by Crippen LogP contribution is 2.23. The van der Waals surface area contributed by atoms with Crippen LogP contribution in [-0.4, -0.2) is 29.3 Å². The maximum atomic E-state index is 12.5. The largest absolute Gasteiger partial charge is 0.496 e. The van der Waals surface area contributed by atoms with E-state index in [0.29, 0.717) is 13.0 Å². The summed E-state index contributed by atoms with van der Waals surface area (Å²) in [7, 11) is 3.30. The normalized spacial score (nSPS) is 16.2. The maximum absolute atomic E-state index is 12.5. The number of amides is 1. The smallest absolute Gasteiger partial charge is 0.266 e. The molecule has 1 heterocycles. The minimum absolute atomic E-state index is 0.0428. The molecule has 1 aromatic heterocycles. The third-order valence-electron chi connectivity index (χ3n) is 4.71. The topological polar surface area (TPSA) is 73.2 Å². The van der Waals surface area contributed by atoms with Gasteiger partial charge in [-0.1, -0.05) is 18.2 Å². The second-order valence-corrected chi connectivity index (χ2v) is 6.37. The quantitative estimate of drug-likeness (QED) is 0.888. The molecule has 1 unspecified atom stereocenters. The molecule has 25 heavy (non-hydrogen) atoms. The van der Waals surface area contributed by atoms with Crippen molar-refractivity contribution in [3.63, 3.8) is 0 Å². The fourth-order valence-electron chi connectivity index (χ4n) is 3.28. The van der Waals surface area contributed by atoms with Crippen molar-refractivity contribution in [2.24, 2.45) is 13.0 Å². The first kappa shape index (κ1) is 17.2. The van der Waals surface area contributed by atoms with E-state index in [1.54, 1.807) is 20.2 Å². The lowest BCUT2D eigenvalue weighted by Gasteiger charge is -2.23. The number of aromatic nitrogens is 2. The van der Waals surface area contributed by atoms with Crippen molar-refractivity contribution in [2.45, 2.75) is 25.7 Å². The van der Waals surface area contributed by atoms with E-state index in [2.05, 4.69) is 10.4 Å². The molecule has 2 aromatic rings. The van der Waals surface area contributed by atoms with Gasteiger partial charge in [0.25, 0.3) is 5.56 Å². The van der Waals surface area contributed by atoms with Gasteiger partial charge in [-0.05, 0) is 42.9 Å². The first-order chi connectivity index (χ1) is 12.1. The number of rotatable bonds is 5. The number of hydrogen-bond donors (Lipinski definition) is 1. The van der Waals surface area contributed by atoms with Crippen molar-refractivity contribution in [3.05, 3.63) is 57.5 Å². The van der Waals surface area contributed by atoms with E-state index in [9.17, 15) is 9.59 Å². The fourth-order valence-corrected chi connectivity index (χ4v) is 3.28. The molecule has 6 nitrogen and oxygen atoms in total. The van der Waals surface area contributed by atoms with E-state index in [1.165, 1.54) is 4.68 Å². The molecular formula is C19H23N3O3. The van der Waals surface area contributed by atoms with Gasteiger partial charge < -0.3 is 10.1 Å². The average molecular weight is 341 g/mol. The number of ether oxygens (including phenoxy) is 1. The van der Waals surface area contributed by atoms with Crippen LogP contribution in [-0.2, 0) is 31.1 Å². The molecule has 1 aliphatic carbocycles. The zero-order valence-electron chi connectivity index (χ0n) is 14.6. The maximum Gasteiger partial charge on any atom is 0.266 e. The molecule has 0 radical (unpaired) electrons. The first-order valence-electron chi connectivity index (χ1n) is 8.54. The molecule has 1 aromatic carbocycles. The van der Waals surface area contributed by atoms with Gasteiger partial charge in [0, 0.05) is 25.6 Å². The third kappa shape index (κ3) is 3.90. The summed E-state index contributed by atoms with van der Waals surface area (Å²) in [6, 6.07) is 9.42. The van der Waals surface area contributed by atoms with Crippen molar-refractivity contribution in [3.8, 4) is 5.75 Å². The van der Waals surface area contributed by atoms with E-state index >= 15 is 0 Å². The van der Waals surface area contributed by atoms with Crippen molar-refractivity contribution in [1.82, 2.24) is 15.1 Å². The van der Waals surface area contributed by atoms with Crippen LogP contribution in [0.5, 0.6) is 5.75 Å². The second kappa shape index (κ2) is 7.51. The van der Waals surface area contributed by atoms with Gasteiger partial charge in [0.2, 0.25) is 5.91 Å². The van der Waals surface area contributed by atoms with Crippen LogP contribution in [0.4, 0.5) is 0 Å². The van der Waals surface area contributed by atoms with Crippen LogP contribution >= 0.6 is 0 Å². The molecule has 0 fully saturated rings. The zero-order valence-corrected chi connectivity index (χ0v) is 14.6. The summed E-state index contributed by atoms with van der Waals surface area (Å²) in [6.07, 6.45) is 2.80. The summed E-state index contributed by atoms with van der Waals surface area (Å²) < 4.78 is 6.68. The summed E-state index contributed by atoms with van der Waals surface area (Å²) >= 11 is 0. The zero-order chi connectivity index (χ0) is 17.8. The van der Waals surface area contributed by atoms with Gasteiger partial charge in [-0.2, -0.15) is 5.10 Å². The Morgan fingerprint density at radius 2 is 2.20 bits per heavy atom. The van der Waals surface area contributed by atoms with E-state index in [-0.39, 0.29) is 17.4 Å². The Hall–Kier alpha value is -2.63. The number of fused-ring (bicyclic) bond motifs is 1. The van der Waals surface area contributed by atoms with Gasteiger partial charge >= 0.3 is 0 Å². The Morgan fingerprint density at radius 3 is 3.00 bits per heavy atom. The average Bonchev–Trinajstić information content (AvgIpc) is 2.62. The number of benzene rings is 1. The molecule has 6 heteroatoms. The second-order valence-electron chi connectivity index (χ2n) is 6.37. The third-order valence-corrected chi connectivity index (χ3v) is 4.71. The van der Waals surface area contributed by atoms with E-state index < -0.39 is 0 Å². The molecule has 3 rings (SSSR count). The summed E-state index contributed by atoms with van der Waals surface area (Å²) in [6.45, 7) is 0.567. The predicted molar refractivity (Wildman–Crippen MR) is 94.7 cm³/mol. The molecule has 132 valence electrons. The van der Waals surface area contributed by atoms with Crippen LogP contribution in [0.3, 0.4) is 0 Å². The van der Waals surface area contributed by atoms with Crippen molar-refractivity contribution >= 4 is 5.91 Å². The van der Waals surface area contributed by atoms with Crippen LogP contribution < -0.4 is 15.6 Å². The number of aryl methyl sites for hydroxylation is 2. The monoisotopic (exact) mass is 341 g/mol. The Morgan fingerprint density at radius 1 is 1.40 bits per heavy atom. The predicted octanol–water partition coefficient (Wildman–Crippen LogP) is 1.25. The molecule has 0 bridgehead atoms. The van der Waals surface area contributed by atoms with Crippen LogP contribution in [0, 0.1) is 5.92 Å². The van der Waals surface area contributed by atoms with Gasteiger partial charge in [-0.25, -0.2) is 4.68 Å². The highest BCUT2D eigenvalue weighted by molar-refractivity contribution is 5.79. The van der Waals surface area contributed by atoms with Gasteiger partial charge in [-0.3, -0.25) is 9.59 Å². The van der Waals surface area contributed by atoms with E-state index in [1.807, 2.05) is 24.3 Å². The number of carbonyl (C=O) groups is 1. The molecule has 1 aliphatic rings. The molecule has 1 amide bonds. The minimum Gasteiger partial charge on any atom is -0.496 e. The van der Waals surface area contributed by atoms with Crippen LogP contribution in [0.1, 0.15) is 23.2 Å². The summed E-state index contributed by atoms with van der Waals surface area (Å²) in [5.74, 6) is 0.783. The standard InChI is InChI=1S/C19H23N3O3/c1-22-18(23)12-15-11-14(7-8-16(15)21-22)19(24)20-10-9-13-5-3-4-6-17(13)25-2/h3-6,12,14H,7-11H2,1-2H3,(H,20,24). The van der Waals surface area contributed by atoms with Gasteiger partial charge in [0.1, 0.15) is 5.75 Å². The lowest BCUT2D eigenvalue weighted by atomic mass is 9.86. The lowest BCUT2D eigenvalue weighted by Crippen LogP contribution is -2.36. The molecule has 0 spiro atoms. The Labute approximate surface area is 146 Å². The Balaban J connectivity index is 1.57. The highest BCUT2D eigenvalue weighted by atomic mass is 16.5. The first-order valence-corrected chi connectivity index (χ1v) is 8.54. The van der Waals surface area contributed by atoms with Crippen LogP contribution in [0.25, 0.3) is 0 Å². The lowest BCUT2D eigenvalue weighted by molar-refractivity contribution is -0.125. The van der Waals surface area contributed by atoms with Crippen LogP contribution in [0.2, 0.25) is 0 Å². The van der Waals surface area contributed by atoms with Crippen molar-refractivity contribution in [1.29, 1.82) is 0 Å². The number of carbonyl (C=O) groups excluding carboxylic acids is 1. The molecule has 0 saturated carbocycles. The molecule has 1 atom stereocenters. The minimum atomic E-state index is -0.129. The molecule has 0 aliphatic heterocycles. The fraction of sp³-hybridized carbons (Fsp3) is 0.421.